The standard InChI is InChI=1S/C16H21N5O3/c1-18-12-17-21(16(18)23)11-15(22)20-9-7-19(8-10-20)13-3-5-14(24-2)6-4-13/h3-6,12H,7-11H2,1-2H3. The molecule has 1 aliphatic heterocycles. The number of hydrogen-bond acceptors (Lipinski definition) is 5. The van der Waals surface area contributed by atoms with Crippen molar-refractivity contribution in [2.45, 2.75) is 6.54 Å². The lowest BCUT2D eigenvalue weighted by Gasteiger charge is -2.36. The maximum absolute atomic E-state index is 12.3. The first-order chi connectivity index (χ1) is 11.6. The molecule has 0 radical (unpaired) electrons. The topological polar surface area (TPSA) is 72.6 Å². The average molecular weight is 331 g/mol. The molecule has 0 spiro atoms. The fourth-order valence-electron chi connectivity index (χ4n) is 2.76. The van der Waals surface area contributed by atoms with Crippen LogP contribution in [0.15, 0.2) is 35.4 Å². The minimum absolute atomic E-state index is 0.0117. The summed E-state index contributed by atoms with van der Waals surface area (Å²) >= 11 is 0. The van der Waals surface area contributed by atoms with E-state index in [2.05, 4.69) is 10.00 Å². The van der Waals surface area contributed by atoms with Crippen LogP contribution in [0.5, 0.6) is 5.75 Å². The number of anilines is 1. The predicted molar refractivity (Wildman–Crippen MR) is 89.3 cm³/mol. The van der Waals surface area contributed by atoms with Crippen molar-refractivity contribution in [1.82, 2.24) is 19.2 Å². The van der Waals surface area contributed by atoms with Crippen molar-refractivity contribution < 1.29 is 9.53 Å². The lowest BCUT2D eigenvalue weighted by molar-refractivity contribution is -0.132. The van der Waals surface area contributed by atoms with E-state index in [9.17, 15) is 9.59 Å². The number of carbonyl (C=O) groups excluding carboxylic acids is 1. The van der Waals surface area contributed by atoms with Gasteiger partial charge in [-0.15, -0.1) is 0 Å². The Morgan fingerprint density at radius 3 is 2.38 bits per heavy atom. The highest BCUT2D eigenvalue weighted by atomic mass is 16.5. The summed E-state index contributed by atoms with van der Waals surface area (Å²) in [6.07, 6.45) is 1.41. The number of methoxy groups -OCH3 is 1. The Morgan fingerprint density at radius 2 is 1.83 bits per heavy atom. The van der Waals surface area contributed by atoms with Crippen LogP contribution in [0.25, 0.3) is 0 Å². The van der Waals surface area contributed by atoms with Crippen LogP contribution in [0.3, 0.4) is 0 Å². The first-order valence-corrected chi connectivity index (χ1v) is 7.83. The number of aryl methyl sites for hydroxylation is 1. The molecule has 1 amide bonds. The molecule has 3 rings (SSSR count). The van der Waals surface area contributed by atoms with E-state index in [1.165, 1.54) is 15.6 Å². The van der Waals surface area contributed by atoms with Crippen LogP contribution < -0.4 is 15.3 Å². The molecular formula is C16H21N5O3. The second kappa shape index (κ2) is 6.77. The smallest absolute Gasteiger partial charge is 0.345 e. The second-order valence-electron chi connectivity index (χ2n) is 5.75. The van der Waals surface area contributed by atoms with E-state index in [4.69, 9.17) is 4.74 Å². The zero-order chi connectivity index (χ0) is 17.1. The summed E-state index contributed by atoms with van der Waals surface area (Å²) in [6, 6.07) is 7.90. The quantitative estimate of drug-likeness (QED) is 0.785. The van der Waals surface area contributed by atoms with Gasteiger partial charge in [0.25, 0.3) is 0 Å². The van der Waals surface area contributed by atoms with E-state index >= 15 is 0 Å². The van der Waals surface area contributed by atoms with Crippen molar-refractivity contribution in [3.05, 3.63) is 41.1 Å². The molecule has 0 bridgehead atoms. The van der Waals surface area contributed by atoms with E-state index in [0.717, 1.165) is 24.5 Å². The van der Waals surface area contributed by atoms with Gasteiger partial charge in [-0.1, -0.05) is 0 Å². The summed E-state index contributed by atoms with van der Waals surface area (Å²) in [5.74, 6) is 0.749. The average Bonchev–Trinajstić information content (AvgIpc) is 2.94. The summed E-state index contributed by atoms with van der Waals surface area (Å²) in [6.45, 7) is 2.77. The number of benzene rings is 1. The second-order valence-corrected chi connectivity index (χ2v) is 5.75. The number of piperazine rings is 1. The molecule has 8 heteroatoms. The van der Waals surface area contributed by atoms with E-state index in [1.807, 2.05) is 24.3 Å². The third kappa shape index (κ3) is 3.27. The van der Waals surface area contributed by atoms with Crippen molar-refractivity contribution in [1.29, 1.82) is 0 Å². The van der Waals surface area contributed by atoms with Gasteiger partial charge in [0.1, 0.15) is 18.6 Å². The molecule has 0 N–H and O–H groups in total. The third-order valence-electron chi connectivity index (χ3n) is 4.24. The van der Waals surface area contributed by atoms with Gasteiger partial charge < -0.3 is 14.5 Å². The van der Waals surface area contributed by atoms with E-state index in [1.54, 1.807) is 19.1 Å². The summed E-state index contributed by atoms with van der Waals surface area (Å²) in [5, 5.41) is 3.93. The number of hydrogen-bond donors (Lipinski definition) is 0. The molecule has 2 heterocycles. The highest BCUT2D eigenvalue weighted by molar-refractivity contribution is 5.76. The minimum atomic E-state index is -0.278. The van der Waals surface area contributed by atoms with Gasteiger partial charge in [-0.2, -0.15) is 5.10 Å². The number of ether oxygens (including phenoxy) is 1. The molecule has 2 aromatic rings. The molecule has 1 fully saturated rings. The summed E-state index contributed by atoms with van der Waals surface area (Å²) < 4.78 is 7.71. The Hall–Kier alpha value is -2.77. The van der Waals surface area contributed by atoms with Crippen LogP contribution in [-0.2, 0) is 18.4 Å². The molecule has 1 aliphatic rings. The maximum atomic E-state index is 12.3. The maximum Gasteiger partial charge on any atom is 0.345 e. The zero-order valence-electron chi connectivity index (χ0n) is 13.9. The number of rotatable bonds is 4. The third-order valence-corrected chi connectivity index (χ3v) is 4.24. The number of nitrogens with zero attached hydrogens (tertiary/aromatic N) is 5. The van der Waals surface area contributed by atoms with E-state index < -0.39 is 0 Å². The fourth-order valence-corrected chi connectivity index (χ4v) is 2.76. The van der Waals surface area contributed by atoms with Crippen molar-refractivity contribution >= 4 is 11.6 Å². The largest absolute Gasteiger partial charge is 0.497 e. The Kier molecular flexibility index (Phi) is 4.54. The molecule has 8 nitrogen and oxygen atoms in total. The first kappa shape index (κ1) is 16.1. The molecule has 24 heavy (non-hydrogen) atoms. The fraction of sp³-hybridized carbons (Fsp3) is 0.438. The SMILES string of the molecule is COc1ccc(N2CCN(C(=O)Cn3ncn(C)c3=O)CC2)cc1. The summed E-state index contributed by atoms with van der Waals surface area (Å²) in [7, 11) is 3.26. The van der Waals surface area contributed by atoms with Crippen LogP contribution in [0.4, 0.5) is 5.69 Å². The Bertz CT molecular complexity index is 757. The molecular weight excluding hydrogens is 310 g/mol. The van der Waals surface area contributed by atoms with Gasteiger partial charge in [-0.3, -0.25) is 9.36 Å². The van der Waals surface area contributed by atoms with Gasteiger partial charge in [-0.25, -0.2) is 9.48 Å². The molecule has 1 aromatic carbocycles. The molecule has 0 saturated carbocycles. The van der Waals surface area contributed by atoms with Crippen LogP contribution in [0.2, 0.25) is 0 Å². The first-order valence-electron chi connectivity index (χ1n) is 7.83. The van der Waals surface area contributed by atoms with Crippen molar-refractivity contribution in [2.75, 3.05) is 38.2 Å². The Balaban J connectivity index is 1.57. The summed E-state index contributed by atoms with van der Waals surface area (Å²) in [5.41, 5.74) is 0.837. The normalized spacial score (nSPS) is 14.8. The van der Waals surface area contributed by atoms with E-state index in [0.29, 0.717) is 13.1 Å². The van der Waals surface area contributed by atoms with Crippen LogP contribution in [-0.4, -0.2) is 58.4 Å². The highest BCUT2D eigenvalue weighted by Crippen LogP contribution is 2.20. The molecule has 0 atom stereocenters. The number of carbonyl (C=O) groups is 1. The van der Waals surface area contributed by atoms with Gasteiger partial charge in [0.15, 0.2) is 0 Å². The molecule has 0 unspecified atom stereocenters. The summed E-state index contributed by atoms with van der Waals surface area (Å²) in [4.78, 5) is 28.1. The van der Waals surface area contributed by atoms with Gasteiger partial charge in [-0.05, 0) is 24.3 Å². The van der Waals surface area contributed by atoms with Gasteiger partial charge in [0.05, 0.1) is 7.11 Å². The van der Waals surface area contributed by atoms with Gasteiger partial charge in [0, 0.05) is 38.9 Å². The predicted octanol–water partition coefficient (Wildman–Crippen LogP) is -0.0608. The lowest BCUT2D eigenvalue weighted by Crippen LogP contribution is -2.50. The van der Waals surface area contributed by atoms with E-state index in [-0.39, 0.29) is 18.1 Å². The van der Waals surface area contributed by atoms with Crippen molar-refractivity contribution in [3.8, 4) is 5.75 Å². The minimum Gasteiger partial charge on any atom is -0.497 e. The van der Waals surface area contributed by atoms with Crippen LogP contribution in [0, 0.1) is 0 Å². The molecule has 1 saturated heterocycles. The molecule has 1 aromatic heterocycles. The van der Waals surface area contributed by atoms with Crippen molar-refractivity contribution in [3.63, 3.8) is 0 Å². The molecule has 128 valence electrons. The number of amides is 1. The van der Waals surface area contributed by atoms with Crippen LogP contribution in [0.1, 0.15) is 0 Å². The Morgan fingerprint density at radius 1 is 1.17 bits per heavy atom. The van der Waals surface area contributed by atoms with Crippen molar-refractivity contribution in [2.24, 2.45) is 7.05 Å². The lowest BCUT2D eigenvalue weighted by atomic mass is 10.2. The Labute approximate surface area is 139 Å². The number of aromatic nitrogens is 3. The highest BCUT2D eigenvalue weighted by Gasteiger charge is 2.22. The zero-order valence-corrected chi connectivity index (χ0v) is 13.9. The van der Waals surface area contributed by atoms with Crippen LogP contribution >= 0.6 is 0 Å². The van der Waals surface area contributed by atoms with Gasteiger partial charge >= 0.3 is 5.69 Å². The van der Waals surface area contributed by atoms with Gasteiger partial charge in [0.2, 0.25) is 5.91 Å². The molecule has 0 aliphatic carbocycles. The monoisotopic (exact) mass is 331 g/mol.